The van der Waals surface area contributed by atoms with Gasteiger partial charge >= 0.3 is 0 Å². The highest BCUT2D eigenvalue weighted by molar-refractivity contribution is 5.91. The van der Waals surface area contributed by atoms with Crippen molar-refractivity contribution in [2.75, 3.05) is 5.32 Å². The van der Waals surface area contributed by atoms with Crippen molar-refractivity contribution in [3.05, 3.63) is 54.4 Å². The number of rotatable bonds is 2. The maximum absolute atomic E-state index is 9.81. The fourth-order valence-corrected chi connectivity index (χ4v) is 1.99. The van der Waals surface area contributed by atoms with Crippen LogP contribution < -0.4 is 5.32 Å². The summed E-state index contributed by atoms with van der Waals surface area (Å²) in [6.45, 7) is 1.85. The third kappa shape index (κ3) is 2.20. The van der Waals surface area contributed by atoms with Crippen LogP contribution in [-0.2, 0) is 0 Å². The zero-order valence-electron chi connectivity index (χ0n) is 10.5. The third-order valence-electron chi connectivity index (χ3n) is 2.87. The second-order valence-electron chi connectivity index (χ2n) is 4.28. The lowest BCUT2D eigenvalue weighted by molar-refractivity contribution is 0.477. The lowest BCUT2D eigenvalue weighted by Crippen LogP contribution is -1.99. The summed E-state index contributed by atoms with van der Waals surface area (Å²) < 4.78 is 0. The van der Waals surface area contributed by atoms with Gasteiger partial charge in [-0.1, -0.05) is 24.3 Å². The molecule has 0 unspecified atom stereocenters. The van der Waals surface area contributed by atoms with Gasteiger partial charge in [-0.15, -0.1) is 0 Å². The number of aromatic hydroxyl groups is 1. The lowest BCUT2D eigenvalue weighted by atomic mass is 10.2. The normalized spacial score (nSPS) is 10.6. The topological polar surface area (TPSA) is 58.0 Å². The molecule has 1 heterocycles. The molecule has 0 saturated heterocycles. The zero-order valence-corrected chi connectivity index (χ0v) is 10.5. The monoisotopic (exact) mass is 251 g/mol. The number of anilines is 2. The molecule has 94 valence electrons. The molecule has 19 heavy (non-hydrogen) atoms. The number of phenols is 1. The molecule has 4 heteroatoms. The van der Waals surface area contributed by atoms with Crippen LogP contribution in [0.15, 0.2) is 48.5 Å². The van der Waals surface area contributed by atoms with Crippen LogP contribution in [0.1, 0.15) is 5.82 Å². The minimum absolute atomic E-state index is 0.197. The van der Waals surface area contributed by atoms with Gasteiger partial charge in [-0.3, -0.25) is 0 Å². The molecule has 0 spiro atoms. The predicted molar refractivity (Wildman–Crippen MR) is 75.7 cm³/mol. The Morgan fingerprint density at radius 3 is 2.53 bits per heavy atom. The molecule has 0 saturated carbocycles. The van der Waals surface area contributed by atoms with Crippen LogP contribution in [0.2, 0.25) is 0 Å². The van der Waals surface area contributed by atoms with Crippen LogP contribution in [0.4, 0.5) is 11.5 Å². The van der Waals surface area contributed by atoms with Gasteiger partial charge in [0.15, 0.2) is 0 Å². The van der Waals surface area contributed by atoms with E-state index in [9.17, 15) is 5.11 Å². The standard InChI is InChI=1S/C15H13N3O/c1-10-16-12-7-3-2-6-11(12)15(17-10)18-13-8-4-5-9-14(13)19/h2-9,19H,1H3,(H,16,17,18). The van der Waals surface area contributed by atoms with E-state index in [4.69, 9.17) is 0 Å². The Hall–Kier alpha value is -2.62. The number of hydrogen-bond acceptors (Lipinski definition) is 4. The first-order chi connectivity index (χ1) is 9.24. The van der Waals surface area contributed by atoms with Crippen LogP contribution in [0.3, 0.4) is 0 Å². The van der Waals surface area contributed by atoms with E-state index in [0.29, 0.717) is 17.3 Å². The van der Waals surface area contributed by atoms with E-state index in [2.05, 4.69) is 15.3 Å². The van der Waals surface area contributed by atoms with Crippen LogP contribution in [-0.4, -0.2) is 15.1 Å². The number of aryl methyl sites for hydroxylation is 1. The molecule has 0 atom stereocenters. The van der Waals surface area contributed by atoms with Crippen molar-refractivity contribution >= 4 is 22.4 Å². The molecule has 0 bridgehead atoms. The highest BCUT2D eigenvalue weighted by Gasteiger charge is 2.07. The Bertz CT molecular complexity index is 740. The smallest absolute Gasteiger partial charge is 0.142 e. The molecule has 4 nitrogen and oxygen atoms in total. The van der Waals surface area contributed by atoms with Crippen LogP contribution in [0.5, 0.6) is 5.75 Å². The van der Waals surface area contributed by atoms with E-state index in [0.717, 1.165) is 10.9 Å². The first-order valence-corrected chi connectivity index (χ1v) is 6.02. The lowest BCUT2D eigenvalue weighted by Gasteiger charge is -2.10. The number of nitrogens with one attached hydrogen (secondary N) is 1. The van der Waals surface area contributed by atoms with Gasteiger partial charge in [0.1, 0.15) is 17.4 Å². The van der Waals surface area contributed by atoms with Gasteiger partial charge in [0.2, 0.25) is 0 Å². The van der Waals surface area contributed by atoms with Crippen LogP contribution in [0.25, 0.3) is 10.9 Å². The Kier molecular flexibility index (Phi) is 2.76. The summed E-state index contributed by atoms with van der Waals surface area (Å²) in [5.41, 5.74) is 1.51. The van der Waals surface area contributed by atoms with Gasteiger partial charge in [0.25, 0.3) is 0 Å². The SMILES string of the molecule is Cc1nc(Nc2ccccc2O)c2ccccc2n1. The molecule has 2 aromatic carbocycles. The average molecular weight is 251 g/mol. The van der Waals surface area contributed by atoms with Crippen molar-refractivity contribution in [1.29, 1.82) is 0 Å². The quantitative estimate of drug-likeness (QED) is 0.685. The molecular weight excluding hydrogens is 238 g/mol. The summed E-state index contributed by atoms with van der Waals surface area (Å²) in [5.74, 6) is 1.59. The van der Waals surface area contributed by atoms with Crippen molar-refractivity contribution in [3.63, 3.8) is 0 Å². The second kappa shape index (κ2) is 4.57. The molecule has 0 aliphatic rings. The Morgan fingerprint density at radius 2 is 1.68 bits per heavy atom. The number of aromatic nitrogens is 2. The summed E-state index contributed by atoms with van der Waals surface area (Å²) >= 11 is 0. The maximum atomic E-state index is 9.81. The highest BCUT2D eigenvalue weighted by Crippen LogP contribution is 2.28. The Morgan fingerprint density at radius 1 is 0.947 bits per heavy atom. The fourth-order valence-electron chi connectivity index (χ4n) is 1.99. The first-order valence-electron chi connectivity index (χ1n) is 6.02. The van der Waals surface area contributed by atoms with E-state index in [1.165, 1.54) is 0 Å². The van der Waals surface area contributed by atoms with E-state index < -0.39 is 0 Å². The van der Waals surface area contributed by atoms with E-state index >= 15 is 0 Å². The second-order valence-corrected chi connectivity index (χ2v) is 4.28. The van der Waals surface area contributed by atoms with Crippen LogP contribution in [0, 0.1) is 6.92 Å². The number of phenolic OH excluding ortho intramolecular Hbond substituents is 1. The van der Waals surface area contributed by atoms with Crippen molar-refractivity contribution < 1.29 is 5.11 Å². The van der Waals surface area contributed by atoms with Crippen molar-refractivity contribution in [1.82, 2.24) is 9.97 Å². The molecule has 0 amide bonds. The molecule has 3 aromatic rings. The van der Waals surface area contributed by atoms with Gasteiger partial charge in [0.05, 0.1) is 11.2 Å². The van der Waals surface area contributed by atoms with Crippen molar-refractivity contribution in [2.45, 2.75) is 6.92 Å². The number of hydrogen-bond donors (Lipinski definition) is 2. The molecule has 0 fully saturated rings. The van der Waals surface area contributed by atoms with Gasteiger partial charge in [0, 0.05) is 5.39 Å². The Balaban J connectivity index is 2.13. The van der Waals surface area contributed by atoms with Crippen molar-refractivity contribution in [2.24, 2.45) is 0 Å². The van der Waals surface area contributed by atoms with Crippen molar-refractivity contribution in [3.8, 4) is 5.75 Å². The van der Waals surface area contributed by atoms with Gasteiger partial charge in [-0.2, -0.15) is 0 Å². The molecule has 3 rings (SSSR count). The molecule has 2 N–H and O–H groups in total. The maximum Gasteiger partial charge on any atom is 0.142 e. The van der Waals surface area contributed by atoms with E-state index in [-0.39, 0.29) is 5.75 Å². The first kappa shape index (κ1) is 11.5. The number of benzene rings is 2. The number of fused-ring (bicyclic) bond motifs is 1. The average Bonchev–Trinajstić information content (AvgIpc) is 2.41. The molecule has 0 aliphatic heterocycles. The van der Waals surface area contributed by atoms with E-state index in [1.807, 2.05) is 43.3 Å². The largest absolute Gasteiger partial charge is 0.506 e. The summed E-state index contributed by atoms with van der Waals surface area (Å²) in [7, 11) is 0. The van der Waals surface area contributed by atoms with Gasteiger partial charge < -0.3 is 10.4 Å². The predicted octanol–water partition coefficient (Wildman–Crippen LogP) is 3.39. The molecular formula is C15H13N3O. The molecule has 0 aliphatic carbocycles. The molecule has 0 radical (unpaired) electrons. The van der Waals surface area contributed by atoms with Gasteiger partial charge in [-0.25, -0.2) is 9.97 Å². The minimum Gasteiger partial charge on any atom is -0.506 e. The van der Waals surface area contributed by atoms with Crippen LogP contribution >= 0.6 is 0 Å². The van der Waals surface area contributed by atoms with E-state index in [1.54, 1.807) is 12.1 Å². The summed E-state index contributed by atoms with van der Waals surface area (Å²) in [6, 6.07) is 14.9. The number of nitrogens with zero attached hydrogens (tertiary/aromatic N) is 2. The summed E-state index contributed by atoms with van der Waals surface area (Å²) in [5, 5.41) is 13.9. The minimum atomic E-state index is 0.197. The molecule has 1 aromatic heterocycles. The van der Waals surface area contributed by atoms with Gasteiger partial charge in [-0.05, 0) is 31.2 Å². The Labute approximate surface area is 110 Å². The zero-order chi connectivity index (χ0) is 13.2. The fraction of sp³-hybridized carbons (Fsp3) is 0.0667. The highest BCUT2D eigenvalue weighted by atomic mass is 16.3. The third-order valence-corrected chi connectivity index (χ3v) is 2.87. The summed E-state index contributed by atoms with van der Waals surface area (Å²) in [6.07, 6.45) is 0. The number of para-hydroxylation sites is 3. The summed E-state index contributed by atoms with van der Waals surface area (Å²) in [4.78, 5) is 8.79.